The van der Waals surface area contributed by atoms with Crippen molar-refractivity contribution in [2.24, 2.45) is 5.10 Å². The molecule has 0 unspecified atom stereocenters. The highest BCUT2D eigenvalue weighted by molar-refractivity contribution is 7.99. The van der Waals surface area contributed by atoms with Gasteiger partial charge in [-0.2, -0.15) is 5.10 Å². The van der Waals surface area contributed by atoms with Crippen LogP contribution in [0.5, 0.6) is 0 Å². The van der Waals surface area contributed by atoms with E-state index in [0.717, 1.165) is 28.3 Å². The number of thioether (sulfide) groups is 1. The van der Waals surface area contributed by atoms with Crippen LogP contribution in [0.3, 0.4) is 0 Å². The van der Waals surface area contributed by atoms with Crippen molar-refractivity contribution in [3.05, 3.63) is 29.6 Å². The van der Waals surface area contributed by atoms with Crippen LogP contribution in [-0.4, -0.2) is 36.3 Å². The van der Waals surface area contributed by atoms with Gasteiger partial charge in [0.1, 0.15) is 5.82 Å². The molecule has 0 fully saturated rings. The number of hydrogen-bond acceptors (Lipinski definition) is 4. The van der Waals surface area contributed by atoms with Crippen molar-refractivity contribution < 1.29 is 9.13 Å². The van der Waals surface area contributed by atoms with E-state index in [1.54, 1.807) is 24.9 Å². The predicted molar refractivity (Wildman–Crippen MR) is 88.5 cm³/mol. The highest BCUT2D eigenvalue weighted by atomic mass is 32.2. The number of methoxy groups -OCH3 is 1. The molecule has 1 aromatic rings. The number of fused-ring (bicyclic) bond motifs is 1. The Kier molecular flexibility index (Phi) is 5.96. The average molecular weight is 327 g/mol. The number of benzene rings is 1. The minimum Gasteiger partial charge on any atom is -0.383 e. The molecule has 0 bridgehead atoms. The average Bonchev–Trinajstić information content (AvgIpc) is 2.45. The van der Waals surface area contributed by atoms with Gasteiger partial charge in [0.25, 0.3) is 0 Å². The lowest BCUT2D eigenvalue weighted by atomic mass is 10.1. The van der Waals surface area contributed by atoms with Crippen LogP contribution in [0.2, 0.25) is 0 Å². The second-order valence-corrected chi connectivity index (χ2v) is 6.28. The van der Waals surface area contributed by atoms with Crippen LogP contribution < -0.4 is 10.7 Å². The molecule has 0 aliphatic carbocycles. The largest absolute Gasteiger partial charge is 0.383 e. The fourth-order valence-electron chi connectivity index (χ4n) is 2.03. The Labute approximate surface area is 133 Å². The number of ether oxygens (including phenoxy) is 1. The lowest BCUT2D eigenvalue weighted by Gasteiger charge is -2.18. The number of hydrogen-bond donors (Lipinski definition) is 2. The molecule has 21 heavy (non-hydrogen) atoms. The van der Waals surface area contributed by atoms with E-state index in [2.05, 4.69) is 15.8 Å². The zero-order chi connectivity index (χ0) is 15.2. The maximum Gasteiger partial charge on any atom is 0.187 e. The molecule has 1 atom stereocenters. The van der Waals surface area contributed by atoms with Crippen LogP contribution in [0.1, 0.15) is 18.9 Å². The molecule has 2 rings (SSSR count). The van der Waals surface area contributed by atoms with Crippen LogP contribution in [0.4, 0.5) is 4.39 Å². The molecule has 7 heteroatoms. The Morgan fingerprint density at radius 1 is 1.57 bits per heavy atom. The molecule has 4 nitrogen and oxygen atoms in total. The molecular weight excluding hydrogens is 309 g/mol. The van der Waals surface area contributed by atoms with Crippen molar-refractivity contribution in [3.63, 3.8) is 0 Å². The van der Waals surface area contributed by atoms with Gasteiger partial charge in [-0.1, -0.05) is 0 Å². The van der Waals surface area contributed by atoms with Crippen LogP contribution in [0.15, 0.2) is 28.2 Å². The van der Waals surface area contributed by atoms with E-state index in [1.165, 1.54) is 12.1 Å². The highest BCUT2D eigenvalue weighted by Gasteiger charge is 2.17. The molecule has 1 aliphatic rings. The van der Waals surface area contributed by atoms with Gasteiger partial charge in [-0.05, 0) is 37.3 Å². The lowest BCUT2D eigenvalue weighted by Crippen LogP contribution is -2.41. The summed E-state index contributed by atoms with van der Waals surface area (Å²) in [6.45, 7) is 2.52. The van der Waals surface area contributed by atoms with Gasteiger partial charge in [0.15, 0.2) is 5.11 Å². The van der Waals surface area contributed by atoms with Gasteiger partial charge in [-0.3, -0.25) is 5.43 Å². The summed E-state index contributed by atoms with van der Waals surface area (Å²) in [7, 11) is 1.64. The van der Waals surface area contributed by atoms with Gasteiger partial charge in [0, 0.05) is 35.8 Å². The first-order chi connectivity index (χ1) is 10.1. The Morgan fingerprint density at radius 2 is 2.38 bits per heavy atom. The van der Waals surface area contributed by atoms with Crippen molar-refractivity contribution in [2.45, 2.75) is 24.3 Å². The first-order valence-corrected chi connectivity index (χ1v) is 8.04. The molecule has 0 amide bonds. The Balaban J connectivity index is 2.03. The zero-order valence-corrected chi connectivity index (χ0v) is 13.6. The van der Waals surface area contributed by atoms with Crippen molar-refractivity contribution in [3.8, 4) is 0 Å². The summed E-state index contributed by atoms with van der Waals surface area (Å²) < 4.78 is 18.4. The molecule has 0 saturated carbocycles. The van der Waals surface area contributed by atoms with Crippen LogP contribution in [0, 0.1) is 5.82 Å². The number of nitrogens with one attached hydrogen (secondary N) is 2. The van der Waals surface area contributed by atoms with Gasteiger partial charge >= 0.3 is 0 Å². The maximum atomic E-state index is 13.4. The highest BCUT2D eigenvalue weighted by Crippen LogP contribution is 2.30. The third kappa shape index (κ3) is 4.66. The minimum atomic E-state index is -0.252. The predicted octanol–water partition coefficient (Wildman–Crippen LogP) is 2.52. The van der Waals surface area contributed by atoms with Crippen LogP contribution in [0.25, 0.3) is 0 Å². The number of halogens is 1. The molecule has 0 saturated heterocycles. The Bertz CT molecular complexity index is 551. The molecule has 114 valence electrons. The molecule has 0 spiro atoms. The molecule has 2 N–H and O–H groups in total. The van der Waals surface area contributed by atoms with Gasteiger partial charge < -0.3 is 10.1 Å². The smallest absolute Gasteiger partial charge is 0.187 e. The van der Waals surface area contributed by atoms with E-state index in [4.69, 9.17) is 17.0 Å². The summed E-state index contributed by atoms with van der Waals surface area (Å²) >= 11 is 6.89. The second-order valence-electron chi connectivity index (χ2n) is 4.74. The van der Waals surface area contributed by atoms with Crippen molar-refractivity contribution in [1.82, 2.24) is 10.7 Å². The van der Waals surface area contributed by atoms with E-state index in [9.17, 15) is 4.39 Å². The fraction of sp³-hybridized carbons (Fsp3) is 0.429. The maximum absolute atomic E-state index is 13.4. The first kappa shape index (κ1) is 16.2. The molecule has 1 heterocycles. The van der Waals surface area contributed by atoms with Crippen LogP contribution >= 0.6 is 24.0 Å². The summed E-state index contributed by atoms with van der Waals surface area (Å²) in [5.41, 5.74) is 4.49. The topological polar surface area (TPSA) is 45.6 Å². The first-order valence-electron chi connectivity index (χ1n) is 6.65. The Morgan fingerprint density at radius 3 is 3.14 bits per heavy atom. The van der Waals surface area contributed by atoms with E-state index in [-0.39, 0.29) is 11.9 Å². The molecular formula is C14H18FN3OS2. The SMILES string of the molecule is COC[C@H](C)NC(=S)N/N=C1/CCSc2ccc(F)cc21. The van der Waals surface area contributed by atoms with Crippen molar-refractivity contribution >= 4 is 34.8 Å². The fourth-order valence-corrected chi connectivity index (χ4v) is 3.29. The van der Waals surface area contributed by atoms with Crippen molar-refractivity contribution in [1.29, 1.82) is 0 Å². The van der Waals surface area contributed by atoms with Gasteiger partial charge in [-0.15, -0.1) is 11.8 Å². The molecule has 0 radical (unpaired) electrons. The van der Waals surface area contributed by atoms with Gasteiger partial charge in [0.05, 0.1) is 12.3 Å². The summed E-state index contributed by atoms with van der Waals surface area (Å²) in [4.78, 5) is 1.05. The minimum absolute atomic E-state index is 0.0989. The summed E-state index contributed by atoms with van der Waals surface area (Å²) in [6, 6.07) is 4.88. The van der Waals surface area contributed by atoms with Crippen molar-refractivity contribution in [2.75, 3.05) is 19.5 Å². The number of nitrogens with zero attached hydrogens (tertiary/aromatic N) is 1. The normalized spacial score (nSPS) is 17.2. The third-order valence-corrected chi connectivity index (χ3v) is 4.22. The number of rotatable bonds is 4. The molecule has 0 aromatic heterocycles. The van der Waals surface area contributed by atoms with Gasteiger partial charge in [-0.25, -0.2) is 4.39 Å². The molecule has 1 aromatic carbocycles. The molecule has 1 aliphatic heterocycles. The number of thiocarbonyl (C=S) groups is 1. The van der Waals surface area contributed by atoms with E-state index < -0.39 is 0 Å². The van der Waals surface area contributed by atoms with E-state index in [0.29, 0.717) is 11.7 Å². The van der Waals surface area contributed by atoms with E-state index in [1.807, 2.05) is 6.92 Å². The quantitative estimate of drug-likeness (QED) is 0.657. The van der Waals surface area contributed by atoms with E-state index >= 15 is 0 Å². The second kappa shape index (κ2) is 7.72. The zero-order valence-electron chi connectivity index (χ0n) is 12.0. The standard InChI is InChI=1S/C14H18FN3OS2/c1-9(8-19-2)16-14(20)18-17-12-5-6-21-13-4-3-10(15)7-11(12)13/h3-4,7,9H,5-6,8H2,1-2H3,(H2,16,18,20)/b17-12-/t9-/m0/s1. The summed E-state index contributed by atoms with van der Waals surface area (Å²) in [5, 5.41) is 7.82. The third-order valence-electron chi connectivity index (χ3n) is 2.94. The summed E-state index contributed by atoms with van der Waals surface area (Å²) in [5.74, 6) is 0.678. The summed E-state index contributed by atoms with van der Waals surface area (Å²) in [6.07, 6.45) is 0.782. The lowest BCUT2D eigenvalue weighted by molar-refractivity contribution is 0.179. The van der Waals surface area contributed by atoms with Gasteiger partial charge in [0.2, 0.25) is 0 Å². The monoisotopic (exact) mass is 327 g/mol. The Hall–Kier alpha value is -1.18. The van der Waals surface area contributed by atoms with Crippen LogP contribution in [-0.2, 0) is 4.74 Å². The number of hydrazone groups is 1.